The minimum absolute atomic E-state index is 0.344. The monoisotopic (exact) mass is 518 g/mol. The molecule has 0 saturated heterocycles. The summed E-state index contributed by atoms with van der Waals surface area (Å²) in [5.74, 6) is 0.237. The van der Waals surface area contributed by atoms with Crippen LogP contribution in [0.2, 0.25) is 10.0 Å². The lowest BCUT2D eigenvalue weighted by molar-refractivity contribution is 0.0734. The van der Waals surface area contributed by atoms with E-state index in [-0.39, 0.29) is 5.91 Å². The molecule has 4 aromatic rings. The molecule has 6 nitrogen and oxygen atoms in total. The van der Waals surface area contributed by atoms with Gasteiger partial charge in [-0.1, -0.05) is 41.4 Å². The fraction of sp³-hybridized carbons (Fsp3) is 0.0357. The van der Waals surface area contributed by atoms with Gasteiger partial charge < -0.3 is 9.47 Å². The largest absolute Gasteiger partial charge is 0.489 e. The van der Waals surface area contributed by atoms with E-state index >= 15 is 0 Å². The van der Waals surface area contributed by atoms with E-state index in [9.17, 15) is 9.59 Å². The molecule has 0 saturated carbocycles. The number of carbonyl (C=O) groups is 2. The lowest BCUT2D eigenvalue weighted by Crippen LogP contribution is -2.17. The van der Waals surface area contributed by atoms with Crippen molar-refractivity contribution in [1.29, 1.82) is 0 Å². The highest BCUT2D eigenvalue weighted by atomic mass is 35.5. The van der Waals surface area contributed by atoms with Crippen LogP contribution in [-0.2, 0) is 6.61 Å². The molecule has 0 bridgehead atoms. The summed E-state index contributed by atoms with van der Waals surface area (Å²) in [4.78, 5) is 24.6. The molecule has 0 spiro atoms. The van der Waals surface area contributed by atoms with Gasteiger partial charge in [-0.3, -0.25) is 4.79 Å². The normalized spacial score (nSPS) is 10.7. The van der Waals surface area contributed by atoms with Crippen LogP contribution in [0.3, 0.4) is 0 Å². The summed E-state index contributed by atoms with van der Waals surface area (Å²) in [5.41, 5.74) is 4.95. The van der Waals surface area contributed by atoms with Crippen LogP contribution in [0.1, 0.15) is 31.8 Å². The lowest BCUT2D eigenvalue weighted by atomic mass is 10.1. The van der Waals surface area contributed by atoms with Crippen LogP contribution in [0.15, 0.2) is 102 Å². The Hall–Kier alpha value is -4.13. The number of hydrogen-bond donors (Lipinski definition) is 1. The Balaban J connectivity index is 1.25. The van der Waals surface area contributed by atoms with Crippen molar-refractivity contribution in [2.45, 2.75) is 6.61 Å². The van der Waals surface area contributed by atoms with Crippen LogP contribution in [0.5, 0.6) is 11.5 Å². The Labute approximate surface area is 218 Å². The van der Waals surface area contributed by atoms with E-state index in [4.69, 9.17) is 32.7 Å². The minimum Gasteiger partial charge on any atom is -0.489 e. The van der Waals surface area contributed by atoms with Gasteiger partial charge in [-0.05, 0) is 90.0 Å². The number of amides is 1. The molecule has 0 aliphatic heterocycles. The van der Waals surface area contributed by atoms with Gasteiger partial charge in [-0.2, -0.15) is 5.10 Å². The first-order valence-corrected chi connectivity index (χ1v) is 11.6. The number of rotatable bonds is 8. The van der Waals surface area contributed by atoms with Crippen LogP contribution < -0.4 is 14.9 Å². The second-order valence-electron chi connectivity index (χ2n) is 7.61. The Bertz CT molecular complexity index is 1370. The summed E-state index contributed by atoms with van der Waals surface area (Å²) < 4.78 is 11.0. The maximum absolute atomic E-state index is 12.4. The first-order chi connectivity index (χ1) is 17.5. The second-order valence-corrected chi connectivity index (χ2v) is 8.48. The van der Waals surface area contributed by atoms with Crippen molar-refractivity contribution in [2.75, 3.05) is 0 Å². The fourth-order valence-electron chi connectivity index (χ4n) is 3.08. The van der Waals surface area contributed by atoms with Crippen LogP contribution in [0.25, 0.3) is 0 Å². The van der Waals surface area contributed by atoms with Gasteiger partial charge >= 0.3 is 5.97 Å². The van der Waals surface area contributed by atoms with Gasteiger partial charge in [0.05, 0.1) is 11.8 Å². The number of halogens is 2. The Morgan fingerprint density at radius 2 is 1.47 bits per heavy atom. The van der Waals surface area contributed by atoms with Gasteiger partial charge in [0.1, 0.15) is 18.1 Å². The quantitative estimate of drug-likeness (QED) is 0.124. The summed E-state index contributed by atoms with van der Waals surface area (Å²) in [7, 11) is 0. The van der Waals surface area contributed by atoms with Gasteiger partial charge in [0.2, 0.25) is 0 Å². The zero-order chi connectivity index (χ0) is 25.3. The summed E-state index contributed by atoms with van der Waals surface area (Å²) >= 11 is 11.8. The second kappa shape index (κ2) is 12.0. The molecule has 180 valence electrons. The molecule has 1 N–H and O–H groups in total. The van der Waals surface area contributed by atoms with Crippen LogP contribution in [-0.4, -0.2) is 18.1 Å². The number of benzene rings is 4. The van der Waals surface area contributed by atoms with Gasteiger partial charge in [-0.15, -0.1) is 0 Å². The van der Waals surface area contributed by atoms with Crippen LogP contribution in [0, 0.1) is 0 Å². The SMILES string of the molecule is O=C(N/N=C/c1ccc(OC(=O)c2cccc(Cl)c2)cc1)c1ccc(COc2ccc(Cl)cc2)cc1. The first kappa shape index (κ1) is 25.0. The van der Waals surface area contributed by atoms with Crippen molar-refractivity contribution < 1.29 is 19.1 Å². The van der Waals surface area contributed by atoms with E-state index in [2.05, 4.69) is 10.5 Å². The molecule has 0 heterocycles. The molecule has 0 fully saturated rings. The smallest absolute Gasteiger partial charge is 0.343 e. The highest BCUT2D eigenvalue weighted by Gasteiger charge is 2.09. The highest BCUT2D eigenvalue weighted by molar-refractivity contribution is 6.31. The van der Waals surface area contributed by atoms with Crippen molar-refractivity contribution in [3.8, 4) is 11.5 Å². The summed E-state index contributed by atoms with van der Waals surface area (Å²) in [6, 6.07) is 27.4. The van der Waals surface area contributed by atoms with Crippen molar-refractivity contribution in [1.82, 2.24) is 5.43 Å². The number of nitrogens with zero attached hydrogens (tertiary/aromatic N) is 1. The van der Waals surface area contributed by atoms with E-state index in [1.54, 1.807) is 78.9 Å². The van der Waals surface area contributed by atoms with Crippen LogP contribution in [0.4, 0.5) is 0 Å². The third-order valence-electron chi connectivity index (χ3n) is 4.97. The Kier molecular flexibility index (Phi) is 8.34. The van der Waals surface area contributed by atoms with Gasteiger partial charge in [0.15, 0.2) is 0 Å². The Morgan fingerprint density at radius 3 is 2.17 bits per heavy atom. The third-order valence-corrected chi connectivity index (χ3v) is 5.45. The van der Waals surface area contributed by atoms with E-state index in [1.807, 2.05) is 12.1 Å². The number of ether oxygens (including phenoxy) is 2. The molecule has 0 radical (unpaired) electrons. The van der Waals surface area contributed by atoms with E-state index in [0.29, 0.717) is 44.8 Å². The average Bonchev–Trinajstić information content (AvgIpc) is 2.89. The zero-order valence-corrected chi connectivity index (χ0v) is 20.4. The van der Waals surface area contributed by atoms with Crippen molar-refractivity contribution in [2.24, 2.45) is 5.10 Å². The molecule has 0 aromatic heterocycles. The average molecular weight is 519 g/mol. The zero-order valence-electron chi connectivity index (χ0n) is 18.9. The molecule has 8 heteroatoms. The number of esters is 1. The molecule has 4 aromatic carbocycles. The van der Waals surface area contributed by atoms with E-state index in [0.717, 1.165) is 5.56 Å². The van der Waals surface area contributed by atoms with E-state index < -0.39 is 5.97 Å². The molecule has 0 aliphatic rings. The topological polar surface area (TPSA) is 77.0 Å². The van der Waals surface area contributed by atoms with Gasteiger partial charge in [-0.25, -0.2) is 10.2 Å². The molecule has 0 unspecified atom stereocenters. The molecule has 0 aliphatic carbocycles. The van der Waals surface area contributed by atoms with E-state index in [1.165, 1.54) is 12.3 Å². The van der Waals surface area contributed by atoms with Crippen molar-refractivity contribution in [3.05, 3.63) is 129 Å². The number of hydrogen-bond acceptors (Lipinski definition) is 5. The molecule has 1 amide bonds. The Morgan fingerprint density at radius 1 is 0.778 bits per heavy atom. The lowest BCUT2D eigenvalue weighted by Gasteiger charge is -2.07. The number of hydrazone groups is 1. The standard InChI is InChI=1S/C28H20Cl2N2O4/c29-23-10-14-25(15-11-23)35-18-20-4-8-21(9-5-20)27(33)32-31-17-19-6-12-26(13-7-19)36-28(34)22-2-1-3-24(30)16-22/h1-17H,18H2,(H,32,33)/b31-17+. The van der Waals surface area contributed by atoms with Crippen molar-refractivity contribution in [3.63, 3.8) is 0 Å². The van der Waals surface area contributed by atoms with Crippen molar-refractivity contribution >= 4 is 41.3 Å². The van der Waals surface area contributed by atoms with Gasteiger partial charge in [0.25, 0.3) is 5.91 Å². The third kappa shape index (κ3) is 7.18. The maximum atomic E-state index is 12.4. The predicted octanol–water partition coefficient (Wildman–Crippen LogP) is 6.56. The fourth-order valence-corrected chi connectivity index (χ4v) is 3.40. The number of carbonyl (C=O) groups excluding carboxylic acids is 2. The summed E-state index contributed by atoms with van der Waals surface area (Å²) in [5, 5.41) is 5.09. The maximum Gasteiger partial charge on any atom is 0.343 e. The first-order valence-electron chi connectivity index (χ1n) is 10.8. The molecular formula is C28H20Cl2N2O4. The minimum atomic E-state index is -0.506. The highest BCUT2D eigenvalue weighted by Crippen LogP contribution is 2.18. The molecule has 0 atom stereocenters. The predicted molar refractivity (Wildman–Crippen MR) is 140 cm³/mol. The van der Waals surface area contributed by atoms with Crippen LogP contribution >= 0.6 is 23.2 Å². The molecule has 36 heavy (non-hydrogen) atoms. The number of nitrogens with one attached hydrogen (secondary N) is 1. The molecular weight excluding hydrogens is 499 g/mol. The molecule has 4 rings (SSSR count). The summed E-state index contributed by atoms with van der Waals surface area (Å²) in [6.45, 7) is 0.367. The van der Waals surface area contributed by atoms with Gasteiger partial charge in [0, 0.05) is 15.6 Å². The summed E-state index contributed by atoms with van der Waals surface area (Å²) in [6.07, 6.45) is 1.49.